The molecule has 1 aromatic heterocycles. The largest absolute Gasteiger partial charge is 0.475 e. The van der Waals surface area contributed by atoms with Crippen LogP contribution in [0.15, 0.2) is 47.4 Å². The highest BCUT2D eigenvalue weighted by molar-refractivity contribution is 7.89. The Morgan fingerprint density at radius 3 is 2.27 bits per heavy atom. The second-order valence-corrected chi connectivity index (χ2v) is 9.52. The van der Waals surface area contributed by atoms with Gasteiger partial charge in [-0.05, 0) is 37.3 Å². The number of benzene rings is 1. The fourth-order valence-electron chi connectivity index (χ4n) is 3.81. The van der Waals surface area contributed by atoms with E-state index < -0.39 is 10.0 Å². The zero-order valence-electron chi connectivity index (χ0n) is 15.7. The molecule has 1 aliphatic rings. The van der Waals surface area contributed by atoms with Gasteiger partial charge in [0, 0.05) is 17.9 Å². The lowest BCUT2D eigenvalue weighted by Gasteiger charge is -2.22. The normalized spacial score (nSPS) is 21.6. The third kappa shape index (κ3) is 3.48. The molecule has 1 saturated carbocycles. The van der Waals surface area contributed by atoms with Crippen molar-refractivity contribution < 1.29 is 13.2 Å². The van der Waals surface area contributed by atoms with Crippen LogP contribution in [0.4, 0.5) is 0 Å². The summed E-state index contributed by atoms with van der Waals surface area (Å²) in [5.41, 5.74) is 1.57. The van der Waals surface area contributed by atoms with Gasteiger partial charge in [0.15, 0.2) is 0 Å². The quantitative estimate of drug-likeness (QED) is 0.840. The molecule has 6 heteroatoms. The van der Waals surface area contributed by atoms with E-state index >= 15 is 0 Å². The zero-order valence-corrected chi connectivity index (χ0v) is 16.5. The summed E-state index contributed by atoms with van der Waals surface area (Å²) in [5.74, 6) is 0.420. The smallest absolute Gasteiger partial charge is 0.239 e. The van der Waals surface area contributed by atoms with Gasteiger partial charge in [-0.3, -0.25) is 0 Å². The fraction of sp³-hybridized carbons (Fsp3) is 0.450. The van der Waals surface area contributed by atoms with Crippen LogP contribution in [0.1, 0.15) is 45.4 Å². The molecule has 1 atom stereocenters. The van der Waals surface area contributed by atoms with Gasteiger partial charge in [0.2, 0.25) is 15.9 Å². The van der Waals surface area contributed by atoms with E-state index in [9.17, 15) is 8.42 Å². The number of ether oxygens (including phenoxy) is 1. The standard InChI is InChI=1S/C20H26N2O3S/c1-14(2)25-18-11-10-17(26(21,23)24)16(22-18)12-20(13-19(20,3)4)15-8-6-5-7-9-15/h5-11,14H,12-13H2,1-4H3,(H2,21,23,24). The first kappa shape index (κ1) is 18.9. The molecule has 2 N–H and O–H groups in total. The van der Waals surface area contributed by atoms with Crippen molar-refractivity contribution >= 4 is 10.0 Å². The molecule has 1 aromatic carbocycles. The summed E-state index contributed by atoms with van der Waals surface area (Å²) in [7, 11) is -3.86. The van der Waals surface area contributed by atoms with Crippen molar-refractivity contribution in [2.75, 3.05) is 0 Å². The minimum Gasteiger partial charge on any atom is -0.475 e. The van der Waals surface area contributed by atoms with Crippen molar-refractivity contribution in [2.24, 2.45) is 10.6 Å². The predicted molar refractivity (Wildman–Crippen MR) is 102 cm³/mol. The van der Waals surface area contributed by atoms with Gasteiger partial charge < -0.3 is 4.74 Å². The maximum Gasteiger partial charge on any atom is 0.239 e. The van der Waals surface area contributed by atoms with Crippen molar-refractivity contribution in [1.29, 1.82) is 0 Å². The van der Waals surface area contributed by atoms with Gasteiger partial charge >= 0.3 is 0 Å². The summed E-state index contributed by atoms with van der Waals surface area (Å²) in [5, 5.41) is 5.45. The van der Waals surface area contributed by atoms with E-state index in [2.05, 4.69) is 31.0 Å². The SMILES string of the molecule is CC(C)Oc1ccc(S(N)(=O)=O)c(CC2(c3ccccc3)CC2(C)C)n1. The molecule has 1 fully saturated rings. The predicted octanol–water partition coefficient (Wildman–Crippen LogP) is 3.43. The molecule has 0 aliphatic heterocycles. The van der Waals surface area contributed by atoms with E-state index in [1.165, 1.54) is 11.6 Å². The van der Waals surface area contributed by atoms with Crippen LogP contribution >= 0.6 is 0 Å². The molecule has 1 aliphatic carbocycles. The molecule has 0 bridgehead atoms. The topological polar surface area (TPSA) is 82.3 Å². The molecule has 1 unspecified atom stereocenters. The lowest BCUT2D eigenvalue weighted by molar-refractivity contribution is 0.231. The Hall–Kier alpha value is -1.92. The molecular weight excluding hydrogens is 348 g/mol. The van der Waals surface area contributed by atoms with Crippen LogP contribution in [-0.2, 0) is 21.9 Å². The molecule has 2 aromatic rings. The van der Waals surface area contributed by atoms with Crippen LogP contribution in [0, 0.1) is 5.41 Å². The summed E-state index contributed by atoms with van der Waals surface area (Å²) in [4.78, 5) is 4.59. The van der Waals surface area contributed by atoms with Crippen molar-refractivity contribution in [3.63, 3.8) is 0 Å². The molecule has 0 spiro atoms. The number of hydrogen-bond acceptors (Lipinski definition) is 4. The number of hydrogen-bond donors (Lipinski definition) is 1. The Labute approximate surface area is 155 Å². The Balaban J connectivity index is 2.07. The average Bonchev–Trinajstić information content (AvgIpc) is 3.08. The summed E-state index contributed by atoms with van der Waals surface area (Å²) in [6.07, 6.45) is 1.42. The maximum absolute atomic E-state index is 12.1. The van der Waals surface area contributed by atoms with Crippen LogP contribution in [0.3, 0.4) is 0 Å². The lowest BCUT2D eigenvalue weighted by atomic mass is 9.84. The number of nitrogens with two attached hydrogens (primary N) is 1. The van der Waals surface area contributed by atoms with E-state index in [4.69, 9.17) is 9.88 Å². The minimum atomic E-state index is -3.86. The summed E-state index contributed by atoms with van der Waals surface area (Å²) in [6.45, 7) is 8.21. The molecule has 3 rings (SSSR count). The van der Waals surface area contributed by atoms with Crippen LogP contribution in [0.25, 0.3) is 0 Å². The first-order valence-corrected chi connectivity index (χ1v) is 10.3. The van der Waals surface area contributed by atoms with Gasteiger partial charge in [-0.1, -0.05) is 44.2 Å². The number of pyridine rings is 1. The second-order valence-electron chi connectivity index (χ2n) is 7.99. The molecular formula is C20H26N2O3S. The number of aromatic nitrogens is 1. The van der Waals surface area contributed by atoms with E-state index in [-0.39, 0.29) is 21.8 Å². The number of primary sulfonamides is 1. The third-order valence-electron chi connectivity index (χ3n) is 5.28. The van der Waals surface area contributed by atoms with Gasteiger partial charge in [-0.15, -0.1) is 0 Å². The van der Waals surface area contributed by atoms with E-state index in [0.29, 0.717) is 18.0 Å². The Kier molecular flexibility index (Phi) is 4.61. The molecule has 1 heterocycles. The molecule has 0 amide bonds. The molecule has 5 nitrogen and oxygen atoms in total. The van der Waals surface area contributed by atoms with E-state index in [1.807, 2.05) is 32.0 Å². The third-order valence-corrected chi connectivity index (χ3v) is 6.26. The maximum atomic E-state index is 12.1. The number of rotatable bonds is 6. The van der Waals surface area contributed by atoms with E-state index in [1.54, 1.807) is 6.07 Å². The Bertz CT molecular complexity index is 908. The van der Waals surface area contributed by atoms with Gasteiger partial charge in [0.25, 0.3) is 0 Å². The molecule has 26 heavy (non-hydrogen) atoms. The molecule has 140 valence electrons. The van der Waals surface area contributed by atoms with Crippen molar-refractivity contribution in [2.45, 2.75) is 57.0 Å². The van der Waals surface area contributed by atoms with Crippen LogP contribution in [-0.4, -0.2) is 19.5 Å². The highest BCUT2D eigenvalue weighted by Crippen LogP contribution is 2.65. The van der Waals surface area contributed by atoms with Gasteiger partial charge in [-0.2, -0.15) is 0 Å². The average molecular weight is 375 g/mol. The minimum absolute atomic E-state index is 0.0452. The first-order chi connectivity index (χ1) is 12.1. The monoisotopic (exact) mass is 374 g/mol. The fourth-order valence-corrected chi connectivity index (χ4v) is 4.52. The van der Waals surface area contributed by atoms with E-state index in [0.717, 1.165) is 6.42 Å². The Morgan fingerprint density at radius 1 is 1.15 bits per heavy atom. The van der Waals surface area contributed by atoms with Crippen LogP contribution in [0.5, 0.6) is 5.88 Å². The van der Waals surface area contributed by atoms with Crippen molar-refractivity contribution in [3.05, 3.63) is 53.7 Å². The van der Waals surface area contributed by atoms with Crippen molar-refractivity contribution in [1.82, 2.24) is 4.98 Å². The van der Waals surface area contributed by atoms with Crippen LogP contribution < -0.4 is 9.88 Å². The van der Waals surface area contributed by atoms with Gasteiger partial charge in [0.05, 0.1) is 11.8 Å². The summed E-state index contributed by atoms with van der Waals surface area (Å²) in [6, 6.07) is 13.3. The van der Waals surface area contributed by atoms with Gasteiger partial charge in [0.1, 0.15) is 4.90 Å². The first-order valence-electron chi connectivity index (χ1n) is 8.80. The zero-order chi connectivity index (χ0) is 19.2. The van der Waals surface area contributed by atoms with Crippen molar-refractivity contribution in [3.8, 4) is 5.88 Å². The highest BCUT2D eigenvalue weighted by atomic mass is 32.2. The van der Waals surface area contributed by atoms with Gasteiger partial charge in [-0.25, -0.2) is 18.5 Å². The van der Waals surface area contributed by atoms with Crippen LogP contribution in [0.2, 0.25) is 0 Å². The lowest BCUT2D eigenvalue weighted by Crippen LogP contribution is -2.23. The number of sulfonamides is 1. The second kappa shape index (κ2) is 6.35. The summed E-state index contributed by atoms with van der Waals surface area (Å²) >= 11 is 0. The summed E-state index contributed by atoms with van der Waals surface area (Å²) < 4.78 is 29.8. The highest BCUT2D eigenvalue weighted by Gasteiger charge is 2.62. The number of nitrogens with zero attached hydrogens (tertiary/aromatic N) is 1. The molecule has 0 saturated heterocycles. The Morgan fingerprint density at radius 2 is 1.77 bits per heavy atom. The molecule has 0 radical (unpaired) electrons.